The summed E-state index contributed by atoms with van der Waals surface area (Å²) in [7, 11) is 0. The lowest BCUT2D eigenvalue weighted by atomic mass is 9.99. The standard InChI is InChI=1S/C21H16N2O3/c1-13(23-25)14-9-11-15(12-10-14)20-16-5-4-7-18(24)21(16)26-19-8-3-2-6-17(19)22-20/h2-12,23-25H,1H2. The average Bonchev–Trinajstić information content (AvgIpc) is 2.85. The number of phenolic OH excluding ortho intramolecular Hbond substituents is 1. The molecule has 5 nitrogen and oxygen atoms in total. The van der Waals surface area contributed by atoms with Gasteiger partial charge in [-0.25, -0.2) is 4.99 Å². The van der Waals surface area contributed by atoms with E-state index in [1.807, 2.05) is 60.1 Å². The lowest BCUT2D eigenvalue weighted by Crippen LogP contribution is -2.06. The molecule has 1 aliphatic rings. The molecule has 0 aliphatic carbocycles. The second-order valence-corrected chi connectivity index (χ2v) is 5.85. The van der Waals surface area contributed by atoms with Crippen LogP contribution in [-0.2, 0) is 0 Å². The van der Waals surface area contributed by atoms with Gasteiger partial charge in [0.25, 0.3) is 0 Å². The number of hydroxylamine groups is 1. The molecule has 0 unspecified atom stereocenters. The van der Waals surface area contributed by atoms with Crippen LogP contribution in [-0.4, -0.2) is 16.0 Å². The fraction of sp³-hybridized carbons (Fsp3) is 0. The Hall–Kier alpha value is -3.57. The summed E-state index contributed by atoms with van der Waals surface area (Å²) in [5, 5.41) is 19.3. The number of para-hydroxylation sites is 3. The van der Waals surface area contributed by atoms with E-state index in [2.05, 4.69) is 6.58 Å². The van der Waals surface area contributed by atoms with Crippen LogP contribution in [0.5, 0.6) is 17.2 Å². The fourth-order valence-electron chi connectivity index (χ4n) is 2.86. The van der Waals surface area contributed by atoms with Crippen LogP contribution in [0.15, 0.2) is 78.3 Å². The molecule has 0 saturated carbocycles. The number of hydrogen-bond donors (Lipinski definition) is 3. The molecule has 1 aliphatic heterocycles. The quantitative estimate of drug-likeness (QED) is 0.474. The molecule has 0 saturated heterocycles. The highest BCUT2D eigenvalue weighted by atomic mass is 16.5. The van der Waals surface area contributed by atoms with Gasteiger partial charge in [0.2, 0.25) is 0 Å². The van der Waals surface area contributed by atoms with Gasteiger partial charge in [-0.3, -0.25) is 10.7 Å². The first-order valence-corrected chi connectivity index (χ1v) is 8.05. The van der Waals surface area contributed by atoms with Gasteiger partial charge in [-0.15, -0.1) is 0 Å². The molecule has 0 spiro atoms. The summed E-state index contributed by atoms with van der Waals surface area (Å²) in [6, 6.07) is 20.1. The van der Waals surface area contributed by atoms with Crippen LogP contribution < -0.4 is 10.2 Å². The highest BCUT2D eigenvalue weighted by Crippen LogP contribution is 2.42. The van der Waals surface area contributed by atoms with E-state index in [0.29, 0.717) is 34.2 Å². The van der Waals surface area contributed by atoms with Gasteiger partial charge in [-0.1, -0.05) is 49.0 Å². The Morgan fingerprint density at radius 1 is 0.962 bits per heavy atom. The second-order valence-electron chi connectivity index (χ2n) is 5.85. The van der Waals surface area contributed by atoms with E-state index < -0.39 is 0 Å². The monoisotopic (exact) mass is 344 g/mol. The van der Waals surface area contributed by atoms with Crippen LogP contribution in [0.1, 0.15) is 16.7 Å². The molecule has 0 fully saturated rings. The summed E-state index contributed by atoms with van der Waals surface area (Å²) in [5.74, 6) is 1.02. The predicted molar refractivity (Wildman–Crippen MR) is 100 cm³/mol. The van der Waals surface area contributed by atoms with E-state index in [1.165, 1.54) is 0 Å². The molecule has 0 radical (unpaired) electrons. The van der Waals surface area contributed by atoms with Crippen LogP contribution >= 0.6 is 0 Å². The van der Waals surface area contributed by atoms with Gasteiger partial charge >= 0.3 is 0 Å². The molecule has 1 heterocycles. The second kappa shape index (κ2) is 6.38. The smallest absolute Gasteiger partial charge is 0.178 e. The molecular formula is C21H16N2O3. The third-order valence-electron chi connectivity index (χ3n) is 4.20. The zero-order valence-electron chi connectivity index (χ0n) is 13.8. The van der Waals surface area contributed by atoms with Crippen molar-refractivity contribution in [1.29, 1.82) is 0 Å². The van der Waals surface area contributed by atoms with Crippen LogP contribution in [0.2, 0.25) is 0 Å². The first-order valence-electron chi connectivity index (χ1n) is 8.05. The van der Waals surface area contributed by atoms with Crippen molar-refractivity contribution >= 4 is 17.1 Å². The highest BCUT2D eigenvalue weighted by Gasteiger charge is 2.21. The lowest BCUT2D eigenvalue weighted by molar-refractivity contribution is 0.225. The van der Waals surface area contributed by atoms with E-state index >= 15 is 0 Å². The molecule has 0 atom stereocenters. The molecule has 0 amide bonds. The highest BCUT2D eigenvalue weighted by molar-refractivity contribution is 6.16. The van der Waals surface area contributed by atoms with E-state index in [-0.39, 0.29) is 5.75 Å². The maximum absolute atomic E-state index is 10.3. The maximum Gasteiger partial charge on any atom is 0.178 e. The van der Waals surface area contributed by atoms with Gasteiger partial charge in [0.15, 0.2) is 17.2 Å². The minimum atomic E-state index is 0.0568. The Bertz CT molecular complexity index is 1020. The summed E-state index contributed by atoms with van der Waals surface area (Å²) in [4.78, 5) is 4.78. The third-order valence-corrected chi connectivity index (χ3v) is 4.20. The maximum atomic E-state index is 10.3. The van der Waals surface area contributed by atoms with E-state index in [9.17, 15) is 5.11 Å². The van der Waals surface area contributed by atoms with Crippen molar-refractivity contribution in [3.05, 3.63) is 90.0 Å². The number of ether oxygens (including phenoxy) is 1. The summed E-state index contributed by atoms with van der Waals surface area (Å²) in [5.41, 5.74) is 6.15. The van der Waals surface area contributed by atoms with Crippen molar-refractivity contribution in [2.45, 2.75) is 0 Å². The SMILES string of the molecule is C=C(NO)c1ccc(C2=Nc3ccccc3Oc3c(O)cccc32)cc1. The minimum Gasteiger partial charge on any atom is -0.504 e. The summed E-state index contributed by atoms with van der Waals surface area (Å²) in [6.07, 6.45) is 0. The Morgan fingerprint density at radius 2 is 1.73 bits per heavy atom. The number of rotatable bonds is 3. The van der Waals surface area contributed by atoms with Crippen LogP contribution in [0.25, 0.3) is 5.70 Å². The van der Waals surface area contributed by atoms with Crippen molar-refractivity contribution in [1.82, 2.24) is 5.48 Å². The Morgan fingerprint density at radius 3 is 2.50 bits per heavy atom. The number of nitrogens with one attached hydrogen (secondary N) is 1. The summed E-state index contributed by atoms with van der Waals surface area (Å²) in [6.45, 7) is 3.73. The minimum absolute atomic E-state index is 0.0568. The van der Waals surface area contributed by atoms with Crippen LogP contribution in [0, 0.1) is 0 Å². The van der Waals surface area contributed by atoms with Gasteiger partial charge in [0, 0.05) is 11.1 Å². The van der Waals surface area contributed by atoms with Crippen molar-refractivity contribution in [3.63, 3.8) is 0 Å². The van der Waals surface area contributed by atoms with E-state index in [1.54, 1.807) is 12.1 Å². The first-order chi connectivity index (χ1) is 12.7. The van der Waals surface area contributed by atoms with Gasteiger partial charge in [-0.05, 0) is 29.8 Å². The third kappa shape index (κ3) is 2.70. The molecular weight excluding hydrogens is 328 g/mol. The van der Waals surface area contributed by atoms with Gasteiger partial charge in [0.1, 0.15) is 5.69 Å². The molecule has 26 heavy (non-hydrogen) atoms. The van der Waals surface area contributed by atoms with Gasteiger partial charge in [-0.2, -0.15) is 0 Å². The van der Waals surface area contributed by atoms with Crippen molar-refractivity contribution < 1.29 is 15.1 Å². The zero-order valence-corrected chi connectivity index (χ0v) is 13.8. The number of aromatic hydroxyl groups is 1. The molecule has 5 heteroatoms. The van der Waals surface area contributed by atoms with E-state index in [4.69, 9.17) is 14.9 Å². The van der Waals surface area contributed by atoms with Crippen LogP contribution in [0.4, 0.5) is 5.69 Å². The largest absolute Gasteiger partial charge is 0.504 e. The summed E-state index contributed by atoms with van der Waals surface area (Å²) < 4.78 is 5.94. The molecule has 3 N–H and O–H groups in total. The normalized spacial score (nSPS) is 12.1. The average molecular weight is 344 g/mol. The number of fused-ring (bicyclic) bond motifs is 2. The molecule has 3 aromatic carbocycles. The van der Waals surface area contributed by atoms with Crippen LogP contribution in [0.3, 0.4) is 0 Å². The number of aliphatic imine (C=N–C) groups is 1. The number of phenols is 1. The fourth-order valence-corrected chi connectivity index (χ4v) is 2.86. The predicted octanol–water partition coefficient (Wildman–Crippen LogP) is 4.62. The molecule has 4 rings (SSSR count). The Kier molecular flexibility index (Phi) is 3.91. The number of hydrogen-bond acceptors (Lipinski definition) is 5. The first kappa shape index (κ1) is 15.9. The van der Waals surface area contributed by atoms with Gasteiger partial charge in [0.05, 0.1) is 11.4 Å². The Balaban J connectivity index is 1.90. The zero-order chi connectivity index (χ0) is 18.1. The molecule has 0 bridgehead atoms. The lowest BCUT2D eigenvalue weighted by Gasteiger charge is -2.12. The molecule has 0 aromatic heterocycles. The number of nitrogens with zero attached hydrogens (tertiary/aromatic N) is 1. The Labute approximate surface area is 150 Å². The summed E-state index contributed by atoms with van der Waals surface area (Å²) >= 11 is 0. The van der Waals surface area contributed by atoms with Crippen molar-refractivity contribution in [2.75, 3.05) is 0 Å². The molecule has 128 valence electrons. The van der Waals surface area contributed by atoms with Crippen molar-refractivity contribution in [3.8, 4) is 17.2 Å². The van der Waals surface area contributed by atoms with Gasteiger partial charge < -0.3 is 9.84 Å². The molecule has 3 aromatic rings. The number of benzene rings is 3. The van der Waals surface area contributed by atoms with Crippen molar-refractivity contribution in [2.24, 2.45) is 4.99 Å². The van der Waals surface area contributed by atoms with E-state index in [0.717, 1.165) is 11.1 Å². The topological polar surface area (TPSA) is 74.1 Å².